The van der Waals surface area contributed by atoms with Crippen LogP contribution in [0.2, 0.25) is 0 Å². The molecule has 2 heterocycles. The molecule has 54 heavy (non-hydrogen) atoms. The number of pyridine rings is 2. The number of fused-ring (bicyclic) bond motifs is 1. The highest BCUT2D eigenvalue weighted by Gasteiger charge is 2.17. The molecule has 254 valence electrons. The zero-order valence-electron chi connectivity index (χ0n) is 29.5. The average molecular weight is 690 g/mol. The lowest BCUT2D eigenvalue weighted by molar-refractivity contribution is 1.26. The summed E-state index contributed by atoms with van der Waals surface area (Å²) in [5.41, 5.74) is 13.9. The topological polar surface area (TPSA) is 38.1 Å². The monoisotopic (exact) mass is 689 g/mol. The van der Waals surface area contributed by atoms with Crippen LogP contribution in [0.1, 0.15) is 11.3 Å². The Bertz CT molecular complexity index is 2680. The largest absolute Gasteiger partial charge is 0.256 e. The number of aliphatic imine (C=N–C) groups is 1. The fraction of sp³-hybridized carbons (Fsp3) is 0. The van der Waals surface area contributed by atoms with E-state index in [0.717, 1.165) is 89.3 Å². The summed E-state index contributed by atoms with van der Waals surface area (Å²) in [5, 5.41) is 2.23. The molecule has 9 rings (SSSR count). The molecule has 3 heteroatoms. The summed E-state index contributed by atoms with van der Waals surface area (Å²) < 4.78 is 0. The Morgan fingerprint density at radius 1 is 0.370 bits per heavy atom. The summed E-state index contributed by atoms with van der Waals surface area (Å²) in [7, 11) is 0. The van der Waals surface area contributed by atoms with E-state index in [2.05, 4.69) is 194 Å². The predicted molar refractivity (Wildman–Crippen MR) is 225 cm³/mol. The molecule has 0 radical (unpaired) electrons. The first kappa shape index (κ1) is 32.7. The molecule has 7 aromatic carbocycles. The van der Waals surface area contributed by atoms with Gasteiger partial charge in [-0.1, -0.05) is 158 Å². The number of rotatable bonds is 8. The third kappa shape index (κ3) is 6.87. The van der Waals surface area contributed by atoms with E-state index in [4.69, 9.17) is 15.0 Å². The van der Waals surface area contributed by atoms with Crippen LogP contribution in [0.15, 0.2) is 217 Å². The van der Waals surface area contributed by atoms with E-state index in [9.17, 15) is 0 Å². The minimum Gasteiger partial charge on any atom is -0.256 e. The van der Waals surface area contributed by atoms with Crippen molar-refractivity contribution in [1.82, 2.24) is 9.97 Å². The molecule has 2 aromatic heterocycles. The van der Waals surface area contributed by atoms with E-state index in [1.807, 2.05) is 18.3 Å². The van der Waals surface area contributed by atoms with Gasteiger partial charge in [0.2, 0.25) is 0 Å². The Morgan fingerprint density at radius 3 is 1.56 bits per heavy atom. The van der Waals surface area contributed by atoms with Crippen LogP contribution in [-0.4, -0.2) is 15.7 Å². The van der Waals surface area contributed by atoms with Crippen molar-refractivity contribution >= 4 is 22.2 Å². The van der Waals surface area contributed by atoms with E-state index in [1.165, 1.54) is 0 Å². The normalized spacial score (nSPS) is 11.4. The highest BCUT2D eigenvalue weighted by Crippen LogP contribution is 2.36. The van der Waals surface area contributed by atoms with Crippen molar-refractivity contribution in [2.75, 3.05) is 0 Å². The molecule has 0 N–H and O–H groups in total. The average Bonchev–Trinajstić information content (AvgIpc) is 3.26. The summed E-state index contributed by atoms with van der Waals surface area (Å²) in [6.45, 7) is 0. The van der Waals surface area contributed by atoms with Gasteiger partial charge in [0.05, 0.1) is 28.5 Å². The van der Waals surface area contributed by atoms with Crippen molar-refractivity contribution in [2.24, 2.45) is 4.99 Å². The Labute approximate surface area is 315 Å². The molecule has 3 nitrogen and oxygen atoms in total. The van der Waals surface area contributed by atoms with E-state index >= 15 is 0 Å². The van der Waals surface area contributed by atoms with Gasteiger partial charge in [-0.25, -0.2) is 9.98 Å². The van der Waals surface area contributed by atoms with Crippen molar-refractivity contribution in [3.8, 4) is 55.9 Å². The molecule has 0 aliphatic rings. The van der Waals surface area contributed by atoms with Crippen molar-refractivity contribution in [3.63, 3.8) is 0 Å². The molecule has 0 saturated heterocycles. The molecular weight excluding hydrogens is 655 g/mol. The maximum Gasteiger partial charge on any atom is 0.0966 e. The van der Waals surface area contributed by atoms with Gasteiger partial charge in [-0.15, -0.1) is 0 Å². The lowest BCUT2D eigenvalue weighted by atomic mass is 9.93. The standard InChI is InChI=1S/C51H35N3/c1-5-16-36(17-6-1)41-28-29-52-48(33-41)45-34-49(44-31-42(37-18-7-2-8-19-37)30-43(32-44)38-20-9-3-10-21-38)53-50(35-45)51(40-23-11-4-12-24-40)54-47-27-15-25-39-22-13-14-26-46(39)47/h1-35H. The second-order valence-electron chi connectivity index (χ2n) is 13.3. The molecule has 0 bridgehead atoms. The minimum atomic E-state index is 0.764. The van der Waals surface area contributed by atoms with Crippen LogP contribution in [0.5, 0.6) is 0 Å². The third-order valence-electron chi connectivity index (χ3n) is 9.72. The summed E-state index contributed by atoms with van der Waals surface area (Å²) in [4.78, 5) is 15.8. The molecule has 0 spiro atoms. The molecule has 0 aliphatic heterocycles. The smallest absolute Gasteiger partial charge is 0.0966 e. The Balaban J connectivity index is 1.30. The van der Waals surface area contributed by atoms with Gasteiger partial charge >= 0.3 is 0 Å². The van der Waals surface area contributed by atoms with Gasteiger partial charge in [-0.3, -0.25) is 4.98 Å². The quantitative estimate of drug-likeness (QED) is 0.149. The van der Waals surface area contributed by atoms with Gasteiger partial charge in [0, 0.05) is 28.3 Å². The fourth-order valence-corrected chi connectivity index (χ4v) is 7.01. The van der Waals surface area contributed by atoms with Crippen molar-refractivity contribution in [1.29, 1.82) is 0 Å². The molecule has 0 aliphatic carbocycles. The third-order valence-corrected chi connectivity index (χ3v) is 9.72. The van der Waals surface area contributed by atoms with Crippen LogP contribution in [0.4, 0.5) is 5.69 Å². The van der Waals surface area contributed by atoms with Gasteiger partial charge in [-0.2, -0.15) is 0 Å². The number of nitrogens with zero attached hydrogens (tertiary/aromatic N) is 3. The maximum absolute atomic E-state index is 5.47. The van der Waals surface area contributed by atoms with Gasteiger partial charge in [0.15, 0.2) is 0 Å². The highest BCUT2D eigenvalue weighted by atomic mass is 14.8. The maximum atomic E-state index is 5.47. The molecule has 0 atom stereocenters. The van der Waals surface area contributed by atoms with E-state index in [-0.39, 0.29) is 0 Å². The lowest BCUT2D eigenvalue weighted by Crippen LogP contribution is -2.07. The second-order valence-corrected chi connectivity index (χ2v) is 13.3. The SMILES string of the molecule is c1ccc(C(=Nc2cccc3ccccc23)c2cc(-c3cc(-c4ccccc4)ccn3)cc(-c3cc(-c4ccccc4)cc(-c4ccccc4)c3)n2)cc1. The first-order valence-corrected chi connectivity index (χ1v) is 18.2. The Morgan fingerprint density at radius 2 is 0.889 bits per heavy atom. The number of hydrogen-bond donors (Lipinski definition) is 0. The summed E-state index contributed by atoms with van der Waals surface area (Å²) in [6.07, 6.45) is 1.89. The molecule has 0 saturated carbocycles. The van der Waals surface area contributed by atoms with Gasteiger partial charge in [0.25, 0.3) is 0 Å². The number of benzene rings is 7. The fourth-order valence-electron chi connectivity index (χ4n) is 7.01. The molecule has 9 aromatic rings. The second kappa shape index (κ2) is 14.8. The minimum absolute atomic E-state index is 0.764. The molecular formula is C51H35N3. The van der Waals surface area contributed by atoms with Crippen molar-refractivity contribution < 1.29 is 0 Å². The number of aromatic nitrogens is 2. The van der Waals surface area contributed by atoms with Crippen LogP contribution in [-0.2, 0) is 0 Å². The van der Waals surface area contributed by atoms with E-state index in [0.29, 0.717) is 0 Å². The van der Waals surface area contributed by atoms with Gasteiger partial charge in [0.1, 0.15) is 0 Å². The Hall–Kier alpha value is -7.23. The van der Waals surface area contributed by atoms with Crippen LogP contribution in [0.25, 0.3) is 66.7 Å². The lowest BCUT2D eigenvalue weighted by Gasteiger charge is -2.15. The van der Waals surface area contributed by atoms with Crippen LogP contribution in [0.3, 0.4) is 0 Å². The summed E-state index contributed by atoms with van der Waals surface area (Å²) in [5.74, 6) is 0. The van der Waals surface area contributed by atoms with Crippen molar-refractivity contribution in [3.05, 3.63) is 224 Å². The van der Waals surface area contributed by atoms with Crippen LogP contribution >= 0.6 is 0 Å². The summed E-state index contributed by atoms with van der Waals surface area (Å²) in [6, 6.07) is 71.8. The predicted octanol–water partition coefficient (Wildman–Crippen LogP) is 13.1. The Kier molecular flexibility index (Phi) is 8.94. The van der Waals surface area contributed by atoms with Gasteiger partial charge in [-0.05, 0) is 87.3 Å². The molecule has 0 unspecified atom stereocenters. The molecule has 0 amide bonds. The highest BCUT2D eigenvalue weighted by molar-refractivity contribution is 6.14. The first-order valence-electron chi connectivity index (χ1n) is 18.2. The number of hydrogen-bond acceptors (Lipinski definition) is 3. The van der Waals surface area contributed by atoms with E-state index < -0.39 is 0 Å². The van der Waals surface area contributed by atoms with Crippen LogP contribution < -0.4 is 0 Å². The zero-order chi connectivity index (χ0) is 36.1. The first-order chi connectivity index (χ1) is 26.7. The summed E-state index contributed by atoms with van der Waals surface area (Å²) >= 11 is 0. The van der Waals surface area contributed by atoms with Gasteiger partial charge < -0.3 is 0 Å². The molecule has 0 fully saturated rings. The van der Waals surface area contributed by atoms with Crippen molar-refractivity contribution in [2.45, 2.75) is 0 Å². The van der Waals surface area contributed by atoms with Crippen LogP contribution in [0, 0.1) is 0 Å². The van der Waals surface area contributed by atoms with E-state index in [1.54, 1.807) is 0 Å². The zero-order valence-corrected chi connectivity index (χ0v) is 29.5.